The highest BCUT2D eigenvalue weighted by Crippen LogP contribution is 2.44. The van der Waals surface area contributed by atoms with Crippen LogP contribution in [0.1, 0.15) is 120 Å². The molecular weight excluding hydrogens is 829 g/mol. The first-order valence-electron chi connectivity index (χ1n) is 24.1. The molecule has 15 nitrogen and oxygen atoms in total. The molecule has 2 N–H and O–H groups in total. The largest absolute Gasteiger partial charge is 0.469 e. The average Bonchev–Trinajstić information content (AvgIpc) is 3.24. The SMILES string of the molecule is C=C1C(C[C@@H]2O[C@H]3C[C@H]4OC(C)(C)OC[C@H]4O[C@H]3[C@H](C)[C@H]2O)O[C@@H](CCC(=O)OC)C[C@H]1C.C=C1C(C[C@@H]2O[C@H]3C[C@H]4OC(C)(C)OC[C@H]4O[C@H]3[C@H](C)[C@H]2O)O[C@@H](CCC=O)C[C@H]1C. The highest BCUT2D eigenvalue weighted by Gasteiger charge is 2.54. The molecular formula is C49H78O15. The van der Waals surface area contributed by atoms with E-state index in [1.165, 1.54) is 7.11 Å². The molecule has 0 radical (unpaired) electrons. The Bertz CT molecular complexity index is 1620. The second kappa shape index (κ2) is 20.8. The van der Waals surface area contributed by atoms with Gasteiger partial charge in [-0.05, 0) is 76.4 Å². The predicted octanol–water partition coefficient (Wildman–Crippen LogP) is 5.53. The summed E-state index contributed by atoms with van der Waals surface area (Å²) in [7, 11) is 1.40. The molecule has 0 aromatic rings. The van der Waals surface area contributed by atoms with Gasteiger partial charge < -0.3 is 67.1 Å². The van der Waals surface area contributed by atoms with Crippen LogP contribution in [0.3, 0.4) is 0 Å². The van der Waals surface area contributed by atoms with Crippen molar-refractivity contribution >= 4 is 12.3 Å². The standard InChI is InChI=1S/C25H40O8.C24H38O7/c1-13-9-16(7-8-22(26)28-6)30-17(14(13)2)10-19-23(27)15(3)24-20(31-19)11-18-21(32-24)12-29-25(4,5)33-18;1-13-9-16(7-6-8-25)28-17(14(13)2)10-19-22(26)15(3)23-20(29-19)11-18-21(30-23)12-27-24(4,5)31-18/h13,15-21,23-24,27H,2,7-12H2,1,3-6H3;8,13,15-23,26H,2,6-7,9-12H2,1,3-5H3/t13-,15-,16+,17?,18-,19+,20+,21-,23-,24+;13-,15-,16+,17?,18-,19+,20+,21-,22-,23+/m11/s1. The summed E-state index contributed by atoms with van der Waals surface area (Å²) in [5, 5.41) is 22.1. The van der Waals surface area contributed by atoms with Gasteiger partial charge in [0.15, 0.2) is 11.6 Å². The van der Waals surface area contributed by atoms with Crippen LogP contribution in [0.4, 0.5) is 0 Å². The molecule has 8 aliphatic heterocycles. The van der Waals surface area contributed by atoms with E-state index in [2.05, 4.69) is 27.0 Å². The number of carbonyl (C=O) groups excluding carboxylic acids is 2. The molecule has 20 atom stereocenters. The van der Waals surface area contributed by atoms with Crippen molar-refractivity contribution in [3.8, 4) is 0 Å². The number of esters is 1. The van der Waals surface area contributed by atoms with Crippen LogP contribution in [0.5, 0.6) is 0 Å². The summed E-state index contributed by atoms with van der Waals surface area (Å²) in [6, 6.07) is 0. The summed E-state index contributed by atoms with van der Waals surface area (Å²) in [5.41, 5.74) is 2.06. The quantitative estimate of drug-likeness (QED) is 0.159. The number of aldehydes is 1. The fourth-order valence-electron chi connectivity index (χ4n) is 11.3. The van der Waals surface area contributed by atoms with Crippen molar-refractivity contribution in [3.05, 3.63) is 24.3 Å². The molecule has 2 unspecified atom stereocenters. The van der Waals surface area contributed by atoms with E-state index in [0.717, 1.165) is 43.1 Å². The zero-order valence-electron chi connectivity index (χ0n) is 39.7. The maximum absolute atomic E-state index is 11.6. The molecule has 0 spiro atoms. The zero-order valence-corrected chi connectivity index (χ0v) is 39.7. The van der Waals surface area contributed by atoms with Crippen LogP contribution in [0.15, 0.2) is 24.3 Å². The van der Waals surface area contributed by atoms with E-state index in [9.17, 15) is 19.8 Å². The second-order valence-corrected chi connectivity index (χ2v) is 20.9. The summed E-state index contributed by atoms with van der Waals surface area (Å²) in [5.74, 6) is -1.07. The highest BCUT2D eigenvalue weighted by atomic mass is 16.7. The summed E-state index contributed by atoms with van der Waals surface area (Å²) in [6.07, 6.45) is 3.70. The minimum absolute atomic E-state index is 0.0400. The maximum Gasteiger partial charge on any atom is 0.305 e. The van der Waals surface area contributed by atoms with Crippen LogP contribution in [-0.4, -0.2) is 152 Å². The first-order chi connectivity index (χ1) is 30.3. The fraction of sp³-hybridized carbons (Fsp3) is 0.878. The molecule has 8 aliphatic rings. The van der Waals surface area contributed by atoms with Crippen LogP contribution in [0, 0.1) is 23.7 Å². The summed E-state index contributed by atoms with van der Waals surface area (Å²) in [4.78, 5) is 22.4. The van der Waals surface area contributed by atoms with Crippen LogP contribution in [-0.2, 0) is 61.7 Å². The molecule has 0 aliphatic carbocycles. The van der Waals surface area contributed by atoms with Gasteiger partial charge in [0.2, 0.25) is 0 Å². The summed E-state index contributed by atoms with van der Waals surface area (Å²) >= 11 is 0. The number of hydrogen-bond acceptors (Lipinski definition) is 15. The Labute approximate surface area is 380 Å². The molecule has 15 heteroatoms. The Morgan fingerprint density at radius 2 is 1.09 bits per heavy atom. The monoisotopic (exact) mass is 907 g/mol. The predicted molar refractivity (Wildman–Crippen MR) is 233 cm³/mol. The highest BCUT2D eigenvalue weighted by molar-refractivity contribution is 5.69. The maximum atomic E-state index is 11.6. The summed E-state index contributed by atoms with van der Waals surface area (Å²) < 4.78 is 66.6. The molecule has 8 heterocycles. The van der Waals surface area contributed by atoms with Gasteiger partial charge in [0.25, 0.3) is 0 Å². The molecule has 0 saturated carbocycles. The number of rotatable bonds is 10. The molecule has 0 bridgehead atoms. The van der Waals surface area contributed by atoms with Gasteiger partial charge in [0.1, 0.15) is 18.5 Å². The first-order valence-corrected chi connectivity index (χ1v) is 24.1. The van der Waals surface area contributed by atoms with Crippen molar-refractivity contribution in [2.24, 2.45) is 23.7 Å². The number of aliphatic hydroxyl groups excluding tert-OH is 2. The Kier molecular flexibility index (Phi) is 16.2. The van der Waals surface area contributed by atoms with Crippen molar-refractivity contribution in [3.63, 3.8) is 0 Å². The van der Waals surface area contributed by atoms with Crippen LogP contribution in [0.2, 0.25) is 0 Å². The molecule has 8 rings (SSSR count). The molecule has 0 amide bonds. The van der Waals surface area contributed by atoms with E-state index in [4.69, 9.17) is 52.1 Å². The van der Waals surface area contributed by atoms with Crippen LogP contribution in [0.25, 0.3) is 0 Å². The van der Waals surface area contributed by atoms with Crippen molar-refractivity contribution in [1.82, 2.24) is 0 Å². The van der Waals surface area contributed by atoms with E-state index in [1.54, 1.807) is 0 Å². The number of carbonyl (C=O) groups is 2. The number of hydrogen-bond donors (Lipinski definition) is 2. The topological polar surface area (TPSA) is 176 Å². The van der Waals surface area contributed by atoms with Gasteiger partial charge in [-0.1, -0.05) is 40.9 Å². The molecule has 0 aromatic heterocycles. The van der Waals surface area contributed by atoms with Gasteiger partial charge in [0, 0.05) is 50.4 Å². The van der Waals surface area contributed by atoms with Gasteiger partial charge >= 0.3 is 5.97 Å². The molecule has 8 saturated heterocycles. The molecule has 8 fully saturated rings. The van der Waals surface area contributed by atoms with Crippen molar-refractivity contribution < 1.29 is 71.9 Å². The van der Waals surface area contributed by atoms with Gasteiger partial charge in [-0.2, -0.15) is 0 Å². The number of methoxy groups -OCH3 is 1. The minimum Gasteiger partial charge on any atom is -0.469 e. The van der Waals surface area contributed by atoms with Crippen molar-refractivity contribution in [2.45, 2.75) is 229 Å². The average molecular weight is 907 g/mol. The smallest absolute Gasteiger partial charge is 0.305 e. The summed E-state index contributed by atoms with van der Waals surface area (Å²) in [6.45, 7) is 25.5. The van der Waals surface area contributed by atoms with Crippen LogP contribution < -0.4 is 0 Å². The third-order valence-electron chi connectivity index (χ3n) is 15.2. The lowest BCUT2D eigenvalue weighted by atomic mass is 9.79. The van der Waals surface area contributed by atoms with Crippen molar-refractivity contribution in [2.75, 3.05) is 20.3 Å². The van der Waals surface area contributed by atoms with E-state index < -0.39 is 23.8 Å². The Morgan fingerprint density at radius 1 is 0.656 bits per heavy atom. The lowest BCUT2D eigenvalue weighted by Gasteiger charge is -2.53. The molecule has 0 aromatic carbocycles. The van der Waals surface area contributed by atoms with Gasteiger partial charge in [-0.25, -0.2) is 0 Å². The third kappa shape index (κ3) is 11.5. The lowest BCUT2D eigenvalue weighted by Crippen LogP contribution is -2.63. The van der Waals surface area contributed by atoms with Gasteiger partial charge in [-0.15, -0.1) is 0 Å². The Balaban J connectivity index is 0.000000192. The third-order valence-corrected chi connectivity index (χ3v) is 15.2. The zero-order chi connectivity index (χ0) is 46.2. The van der Waals surface area contributed by atoms with E-state index in [1.807, 2.05) is 41.5 Å². The van der Waals surface area contributed by atoms with E-state index in [-0.39, 0.29) is 109 Å². The van der Waals surface area contributed by atoms with Crippen LogP contribution >= 0.6 is 0 Å². The van der Waals surface area contributed by atoms with Crippen molar-refractivity contribution in [1.29, 1.82) is 0 Å². The van der Waals surface area contributed by atoms with E-state index in [0.29, 0.717) is 57.7 Å². The lowest BCUT2D eigenvalue weighted by molar-refractivity contribution is -0.355. The fourth-order valence-corrected chi connectivity index (χ4v) is 11.3. The number of aliphatic hydroxyl groups is 2. The Morgan fingerprint density at radius 3 is 1.52 bits per heavy atom. The normalized spacial score (nSPS) is 46.2. The molecule has 64 heavy (non-hydrogen) atoms. The van der Waals surface area contributed by atoms with Gasteiger partial charge in [0.05, 0.1) is 106 Å². The van der Waals surface area contributed by atoms with E-state index >= 15 is 0 Å². The minimum atomic E-state index is -0.674. The molecule has 364 valence electrons. The number of ether oxygens (including phenoxy) is 11. The first kappa shape index (κ1) is 50.0. The number of fused-ring (bicyclic) bond motifs is 4. The Hall–Kier alpha value is -1.86. The van der Waals surface area contributed by atoms with Gasteiger partial charge in [-0.3, -0.25) is 4.79 Å². The second-order valence-electron chi connectivity index (χ2n) is 20.9.